The predicted octanol–water partition coefficient (Wildman–Crippen LogP) is 3.05. The van der Waals surface area contributed by atoms with Gasteiger partial charge in [0.15, 0.2) is 0 Å². The first-order valence-electron chi connectivity index (χ1n) is 13.0. The van der Waals surface area contributed by atoms with Gasteiger partial charge in [0.05, 0.1) is 19.3 Å². The summed E-state index contributed by atoms with van der Waals surface area (Å²) in [7, 11) is 0. The Morgan fingerprint density at radius 1 is 0.889 bits per heavy atom. The van der Waals surface area contributed by atoms with Crippen LogP contribution in [-0.2, 0) is 17.7 Å². The maximum Gasteiger partial charge on any atom is 0.135 e. The minimum atomic E-state index is -0.416. The van der Waals surface area contributed by atoms with Crippen LogP contribution in [0.1, 0.15) is 17.5 Å². The van der Waals surface area contributed by atoms with Gasteiger partial charge in [0.25, 0.3) is 0 Å². The third-order valence-corrected chi connectivity index (χ3v) is 7.65. The molecule has 6 rings (SSSR count). The normalized spacial score (nSPS) is 22.8. The summed E-state index contributed by atoms with van der Waals surface area (Å²) in [5.41, 5.74) is 5.01. The van der Waals surface area contributed by atoms with Gasteiger partial charge in [-0.15, -0.1) is 0 Å². The molecule has 1 aromatic heterocycles. The molecule has 188 valence electrons. The lowest BCUT2D eigenvalue weighted by atomic mass is 9.94. The molecule has 2 aromatic carbocycles. The molecule has 8 heteroatoms. The second kappa shape index (κ2) is 10.4. The molecule has 0 aliphatic carbocycles. The van der Waals surface area contributed by atoms with Crippen LogP contribution >= 0.6 is 0 Å². The highest BCUT2D eigenvalue weighted by Crippen LogP contribution is 2.28. The molecule has 2 N–H and O–H groups in total. The van der Waals surface area contributed by atoms with Gasteiger partial charge in [-0.3, -0.25) is 4.90 Å². The maximum absolute atomic E-state index is 11.1. The Hall–Kier alpha value is -3.20. The second-order valence-electron chi connectivity index (χ2n) is 9.89. The zero-order valence-corrected chi connectivity index (χ0v) is 20.6. The van der Waals surface area contributed by atoms with Crippen LogP contribution in [0.4, 0.5) is 23.0 Å². The summed E-state index contributed by atoms with van der Waals surface area (Å²) in [5, 5.41) is 14.5. The first kappa shape index (κ1) is 23.2. The highest BCUT2D eigenvalue weighted by atomic mass is 16.5. The molecule has 36 heavy (non-hydrogen) atoms. The van der Waals surface area contributed by atoms with E-state index in [1.165, 1.54) is 16.8 Å². The Balaban J connectivity index is 1.10. The summed E-state index contributed by atoms with van der Waals surface area (Å²) in [5.74, 6) is 1.60. The van der Waals surface area contributed by atoms with E-state index in [0.29, 0.717) is 6.54 Å². The molecule has 0 radical (unpaired) electrons. The number of ether oxygens (including phenoxy) is 1. The number of anilines is 4. The molecular weight excluding hydrogens is 452 g/mol. The molecule has 3 aliphatic heterocycles. The number of hydrogen-bond donors (Lipinski definition) is 2. The van der Waals surface area contributed by atoms with E-state index in [1.807, 2.05) is 6.07 Å². The van der Waals surface area contributed by atoms with E-state index in [-0.39, 0.29) is 6.04 Å². The Morgan fingerprint density at radius 2 is 1.75 bits per heavy atom. The molecule has 2 saturated heterocycles. The quantitative estimate of drug-likeness (QED) is 0.570. The fourth-order valence-electron chi connectivity index (χ4n) is 5.69. The Kier molecular flexibility index (Phi) is 6.72. The molecule has 3 aliphatic rings. The molecule has 4 heterocycles. The van der Waals surface area contributed by atoms with Crippen molar-refractivity contribution in [2.45, 2.75) is 31.5 Å². The predicted molar refractivity (Wildman–Crippen MR) is 142 cm³/mol. The molecular formula is C28H34N6O2. The number of aliphatic hydroxyl groups excluding tert-OH is 1. The van der Waals surface area contributed by atoms with Crippen LogP contribution in [-0.4, -0.2) is 78.1 Å². The van der Waals surface area contributed by atoms with Gasteiger partial charge in [0.1, 0.15) is 18.0 Å². The summed E-state index contributed by atoms with van der Waals surface area (Å²) >= 11 is 0. The average molecular weight is 487 g/mol. The molecule has 3 aromatic rings. The molecule has 2 unspecified atom stereocenters. The fourth-order valence-corrected chi connectivity index (χ4v) is 5.69. The summed E-state index contributed by atoms with van der Waals surface area (Å²) in [4.78, 5) is 15.9. The molecule has 8 nitrogen and oxygen atoms in total. The highest BCUT2D eigenvalue weighted by Gasteiger charge is 2.34. The summed E-state index contributed by atoms with van der Waals surface area (Å²) in [6, 6.07) is 19.2. The number of piperidine rings is 1. The number of β-amino-alcohol motifs (C(OH)–C–C–N with tert-alkyl or cyclic N) is 1. The minimum Gasteiger partial charge on any atom is -0.390 e. The van der Waals surface area contributed by atoms with Crippen molar-refractivity contribution in [2.75, 3.05) is 61.1 Å². The summed E-state index contributed by atoms with van der Waals surface area (Å²) < 4.78 is 5.48. The van der Waals surface area contributed by atoms with Crippen molar-refractivity contribution in [3.05, 3.63) is 72.1 Å². The number of nitrogens with one attached hydrogen (secondary N) is 1. The van der Waals surface area contributed by atoms with Crippen LogP contribution < -0.4 is 15.1 Å². The number of aliphatic hydroxyl groups is 1. The number of fused-ring (bicyclic) bond motifs is 1. The van der Waals surface area contributed by atoms with Crippen molar-refractivity contribution in [1.29, 1.82) is 0 Å². The van der Waals surface area contributed by atoms with Crippen LogP contribution in [0.15, 0.2) is 60.9 Å². The SMILES string of the molecule is OC1CN(c2cc(Nc3cccc(N4CCOCC4)c3)ncn2)CCC1N1CCc2ccccc2C1. The molecule has 0 saturated carbocycles. The minimum absolute atomic E-state index is 0.178. The maximum atomic E-state index is 11.1. The van der Waals surface area contributed by atoms with Gasteiger partial charge in [-0.1, -0.05) is 30.3 Å². The third kappa shape index (κ3) is 5.02. The van der Waals surface area contributed by atoms with Crippen LogP contribution in [0.5, 0.6) is 0 Å². The number of nitrogens with zero attached hydrogens (tertiary/aromatic N) is 5. The van der Waals surface area contributed by atoms with Crippen molar-refractivity contribution < 1.29 is 9.84 Å². The van der Waals surface area contributed by atoms with Gasteiger partial charge in [-0.05, 0) is 42.2 Å². The fraction of sp³-hybridized carbons (Fsp3) is 0.429. The number of benzene rings is 2. The van der Waals surface area contributed by atoms with Crippen molar-refractivity contribution in [2.24, 2.45) is 0 Å². The van der Waals surface area contributed by atoms with Crippen molar-refractivity contribution in [3.63, 3.8) is 0 Å². The second-order valence-corrected chi connectivity index (χ2v) is 9.89. The van der Waals surface area contributed by atoms with E-state index >= 15 is 0 Å². The molecule has 2 fully saturated rings. The number of morpholine rings is 1. The first-order chi connectivity index (χ1) is 17.7. The summed E-state index contributed by atoms with van der Waals surface area (Å²) in [6.45, 7) is 6.70. The standard InChI is InChI=1S/C28H34N6O2/c35-26-19-34(11-9-25(26)33-10-8-21-4-1-2-5-22(21)18-33)28-17-27(29-20-30-28)31-23-6-3-7-24(16-23)32-12-14-36-15-13-32/h1-7,16-17,20,25-26,35H,8-15,18-19H2,(H,29,30,31). The molecule has 2 atom stereocenters. The zero-order valence-electron chi connectivity index (χ0n) is 20.6. The third-order valence-electron chi connectivity index (χ3n) is 7.65. The van der Waals surface area contributed by atoms with E-state index in [0.717, 1.165) is 76.1 Å². The number of hydrogen-bond acceptors (Lipinski definition) is 8. The molecule has 0 amide bonds. The lowest BCUT2D eigenvalue weighted by Gasteiger charge is -2.43. The van der Waals surface area contributed by atoms with Gasteiger partial charge in [-0.25, -0.2) is 9.97 Å². The van der Waals surface area contributed by atoms with Crippen LogP contribution in [0, 0.1) is 0 Å². The highest BCUT2D eigenvalue weighted by molar-refractivity contribution is 5.65. The van der Waals surface area contributed by atoms with Crippen molar-refractivity contribution in [3.8, 4) is 0 Å². The van der Waals surface area contributed by atoms with E-state index in [9.17, 15) is 5.11 Å². The van der Waals surface area contributed by atoms with Gasteiger partial charge >= 0.3 is 0 Å². The van der Waals surface area contributed by atoms with Crippen molar-refractivity contribution in [1.82, 2.24) is 14.9 Å². The monoisotopic (exact) mass is 486 g/mol. The topological polar surface area (TPSA) is 77.0 Å². The Morgan fingerprint density at radius 3 is 2.61 bits per heavy atom. The van der Waals surface area contributed by atoms with Gasteiger partial charge < -0.3 is 25.0 Å². The van der Waals surface area contributed by atoms with E-state index in [4.69, 9.17) is 4.74 Å². The van der Waals surface area contributed by atoms with E-state index in [1.54, 1.807) is 6.33 Å². The molecule has 0 spiro atoms. The largest absolute Gasteiger partial charge is 0.390 e. The number of aromatic nitrogens is 2. The lowest BCUT2D eigenvalue weighted by molar-refractivity contribution is 0.0293. The first-order valence-corrected chi connectivity index (χ1v) is 13.0. The van der Waals surface area contributed by atoms with E-state index < -0.39 is 6.10 Å². The average Bonchev–Trinajstić information content (AvgIpc) is 2.93. The smallest absolute Gasteiger partial charge is 0.135 e. The van der Waals surface area contributed by atoms with Gasteiger partial charge in [0.2, 0.25) is 0 Å². The van der Waals surface area contributed by atoms with Crippen LogP contribution in [0.25, 0.3) is 0 Å². The van der Waals surface area contributed by atoms with E-state index in [2.05, 4.69) is 78.5 Å². The Labute approximate surface area is 212 Å². The lowest BCUT2D eigenvalue weighted by Crippen LogP contribution is -2.55. The number of rotatable bonds is 5. The van der Waals surface area contributed by atoms with Gasteiger partial charge in [0, 0.05) is 62.8 Å². The molecule has 0 bridgehead atoms. The van der Waals surface area contributed by atoms with Gasteiger partial charge in [-0.2, -0.15) is 0 Å². The Bertz CT molecular complexity index is 1180. The van der Waals surface area contributed by atoms with Crippen molar-refractivity contribution >= 4 is 23.0 Å². The zero-order chi connectivity index (χ0) is 24.3. The summed E-state index contributed by atoms with van der Waals surface area (Å²) in [6.07, 6.45) is 3.15. The van der Waals surface area contributed by atoms with Crippen LogP contribution in [0.2, 0.25) is 0 Å². The van der Waals surface area contributed by atoms with Crippen LogP contribution in [0.3, 0.4) is 0 Å².